The number of hydrogen-bond acceptors (Lipinski definition) is 7. The van der Waals surface area contributed by atoms with E-state index in [9.17, 15) is 14.4 Å². The van der Waals surface area contributed by atoms with Gasteiger partial charge in [-0.1, -0.05) is 25.1 Å². The molecular weight excluding hydrogens is 416 g/mol. The van der Waals surface area contributed by atoms with E-state index in [1.165, 1.54) is 0 Å². The maximum Gasteiger partial charge on any atom is 0.306 e. The molecule has 0 bridgehead atoms. The predicted octanol–water partition coefficient (Wildman–Crippen LogP) is 4.00. The van der Waals surface area contributed by atoms with Crippen molar-refractivity contribution in [2.75, 3.05) is 6.61 Å². The minimum atomic E-state index is -0.774. The lowest BCUT2D eigenvalue weighted by atomic mass is 9.99. The van der Waals surface area contributed by atoms with Gasteiger partial charge < -0.3 is 9.47 Å². The lowest BCUT2D eigenvalue weighted by Gasteiger charge is -2.18. The van der Waals surface area contributed by atoms with Crippen molar-refractivity contribution < 1.29 is 23.9 Å². The van der Waals surface area contributed by atoms with E-state index in [4.69, 9.17) is 9.47 Å². The van der Waals surface area contributed by atoms with Crippen LogP contribution in [-0.2, 0) is 27.2 Å². The third-order valence-corrected chi connectivity index (χ3v) is 6.09. The average molecular weight is 443 g/mol. The molecule has 1 aliphatic heterocycles. The fourth-order valence-electron chi connectivity index (χ4n) is 3.16. The van der Waals surface area contributed by atoms with E-state index >= 15 is 0 Å². The average Bonchev–Trinajstić information content (AvgIpc) is 3.00. The first kappa shape index (κ1) is 22.8. The second-order valence-corrected chi connectivity index (χ2v) is 9.04. The number of ether oxygens (including phenoxy) is 2. The first-order valence-electron chi connectivity index (χ1n) is 10.2. The summed E-state index contributed by atoms with van der Waals surface area (Å²) >= 11 is 1.03. The van der Waals surface area contributed by atoms with Crippen molar-refractivity contribution >= 4 is 28.9 Å². The molecule has 31 heavy (non-hydrogen) atoms. The third-order valence-electron chi connectivity index (χ3n) is 5.02. The molecule has 8 heteroatoms. The standard InChI is InChI=1S/C23H26N2O5S/c1-4-20(26)30-15(2)17-7-8-18(24-14-17)11-12-29-19-9-5-16(6-10-19)13-23(3)21(27)25-22(28)31-23/h5-10,14-15H,4,11-13H2,1-3H3,(H,25,27,28)/t15-,23?/m1/s1. The lowest BCUT2D eigenvalue weighted by Crippen LogP contribution is -2.35. The molecule has 0 aliphatic carbocycles. The van der Waals surface area contributed by atoms with Crippen molar-refractivity contribution in [1.82, 2.24) is 10.3 Å². The maximum atomic E-state index is 12.0. The smallest absolute Gasteiger partial charge is 0.306 e. The molecule has 1 aromatic carbocycles. The van der Waals surface area contributed by atoms with E-state index < -0.39 is 4.75 Å². The van der Waals surface area contributed by atoms with Crippen molar-refractivity contribution in [2.24, 2.45) is 0 Å². The number of carbonyl (C=O) groups excluding carboxylic acids is 3. The van der Waals surface area contributed by atoms with Crippen molar-refractivity contribution in [3.05, 3.63) is 59.4 Å². The molecular formula is C23H26N2O5S. The molecule has 0 spiro atoms. The van der Waals surface area contributed by atoms with Crippen LogP contribution >= 0.6 is 11.8 Å². The fourth-order valence-corrected chi connectivity index (χ4v) is 4.09. The molecule has 1 aliphatic rings. The summed E-state index contributed by atoms with van der Waals surface area (Å²) in [6, 6.07) is 11.3. The Morgan fingerprint density at radius 1 is 1.19 bits per heavy atom. The highest BCUT2D eigenvalue weighted by atomic mass is 32.2. The topological polar surface area (TPSA) is 94.6 Å². The van der Waals surface area contributed by atoms with Crippen LogP contribution in [0.15, 0.2) is 42.6 Å². The van der Waals surface area contributed by atoms with E-state index in [1.807, 2.05) is 43.3 Å². The molecule has 1 unspecified atom stereocenters. The number of esters is 1. The van der Waals surface area contributed by atoms with Gasteiger partial charge in [0.05, 0.1) is 6.61 Å². The molecule has 7 nitrogen and oxygen atoms in total. The summed E-state index contributed by atoms with van der Waals surface area (Å²) in [6.45, 7) is 5.83. The summed E-state index contributed by atoms with van der Waals surface area (Å²) in [4.78, 5) is 39.2. The summed E-state index contributed by atoms with van der Waals surface area (Å²) in [5.74, 6) is 0.244. The highest BCUT2D eigenvalue weighted by Crippen LogP contribution is 2.34. The Hall–Kier alpha value is -2.87. The highest BCUT2D eigenvalue weighted by Gasteiger charge is 2.43. The van der Waals surface area contributed by atoms with Crippen LogP contribution in [0.25, 0.3) is 0 Å². The van der Waals surface area contributed by atoms with E-state index in [0.717, 1.165) is 34.3 Å². The van der Waals surface area contributed by atoms with Gasteiger partial charge in [0, 0.05) is 30.3 Å². The zero-order chi connectivity index (χ0) is 22.4. The van der Waals surface area contributed by atoms with Crippen LogP contribution in [0.2, 0.25) is 0 Å². The van der Waals surface area contributed by atoms with Crippen LogP contribution in [0.3, 0.4) is 0 Å². The maximum absolute atomic E-state index is 12.0. The van der Waals surface area contributed by atoms with Crippen molar-refractivity contribution in [3.8, 4) is 5.75 Å². The molecule has 164 valence electrons. The van der Waals surface area contributed by atoms with Gasteiger partial charge in [0.25, 0.3) is 5.24 Å². The lowest BCUT2D eigenvalue weighted by molar-refractivity contribution is -0.148. The fraction of sp³-hybridized carbons (Fsp3) is 0.391. The van der Waals surface area contributed by atoms with Crippen LogP contribution in [0.4, 0.5) is 4.79 Å². The van der Waals surface area contributed by atoms with Gasteiger partial charge in [-0.3, -0.25) is 24.7 Å². The van der Waals surface area contributed by atoms with Gasteiger partial charge in [0.15, 0.2) is 0 Å². The number of aromatic nitrogens is 1. The molecule has 1 fully saturated rings. The Morgan fingerprint density at radius 2 is 1.94 bits per heavy atom. The Bertz CT molecular complexity index is 945. The van der Waals surface area contributed by atoms with Crippen molar-refractivity contribution in [1.29, 1.82) is 0 Å². The van der Waals surface area contributed by atoms with E-state index in [-0.39, 0.29) is 23.2 Å². The SMILES string of the molecule is CCC(=O)O[C@H](C)c1ccc(CCOc2ccc(CC3(C)SC(=O)NC3=O)cc2)nc1. The number of pyridine rings is 1. The minimum Gasteiger partial charge on any atom is -0.493 e. The zero-order valence-corrected chi connectivity index (χ0v) is 18.7. The highest BCUT2D eigenvalue weighted by molar-refractivity contribution is 8.16. The van der Waals surface area contributed by atoms with Crippen LogP contribution in [-0.4, -0.2) is 33.5 Å². The molecule has 2 heterocycles. The number of nitrogens with one attached hydrogen (secondary N) is 1. The molecule has 0 saturated carbocycles. The van der Waals surface area contributed by atoms with Crippen LogP contribution < -0.4 is 10.1 Å². The number of thioether (sulfide) groups is 1. The summed E-state index contributed by atoms with van der Waals surface area (Å²) in [7, 11) is 0. The first-order chi connectivity index (χ1) is 14.8. The molecule has 1 N–H and O–H groups in total. The van der Waals surface area contributed by atoms with Gasteiger partial charge in [0.1, 0.15) is 16.6 Å². The number of rotatable bonds is 9. The van der Waals surface area contributed by atoms with Crippen LogP contribution in [0.1, 0.15) is 50.1 Å². The van der Waals surface area contributed by atoms with Gasteiger partial charge in [-0.15, -0.1) is 0 Å². The molecule has 1 saturated heterocycles. The normalized spacial score (nSPS) is 19.1. The zero-order valence-electron chi connectivity index (χ0n) is 17.8. The van der Waals surface area contributed by atoms with Gasteiger partial charge in [-0.05, 0) is 55.8 Å². The second-order valence-electron chi connectivity index (χ2n) is 7.56. The third kappa shape index (κ3) is 6.07. The number of hydrogen-bond donors (Lipinski definition) is 1. The number of benzene rings is 1. The minimum absolute atomic E-state index is 0.233. The number of amides is 2. The molecule has 3 rings (SSSR count). The first-order valence-corrected chi connectivity index (χ1v) is 11.0. The van der Waals surface area contributed by atoms with E-state index in [0.29, 0.717) is 25.9 Å². The van der Waals surface area contributed by atoms with Gasteiger partial charge in [-0.2, -0.15) is 0 Å². The molecule has 2 amide bonds. The summed E-state index contributed by atoms with van der Waals surface area (Å²) < 4.78 is 10.3. The Morgan fingerprint density at radius 3 is 2.52 bits per heavy atom. The molecule has 1 aromatic heterocycles. The van der Waals surface area contributed by atoms with Crippen LogP contribution in [0.5, 0.6) is 5.75 Å². The predicted molar refractivity (Wildman–Crippen MR) is 118 cm³/mol. The Kier molecular flexibility index (Phi) is 7.33. The Labute approximate surface area is 185 Å². The number of carbonyl (C=O) groups is 3. The van der Waals surface area contributed by atoms with Gasteiger partial charge in [-0.25, -0.2) is 0 Å². The number of imide groups is 1. The van der Waals surface area contributed by atoms with E-state index in [1.54, 1.807) is 20.0 Å². The monoisotopic (exact) mass is 442 g/mol. The van der Waals surface area contributed by atoms with Crippen molar-refractivity contribution in [3.63, 3.8) is 0 Å². The largest absolute Gasteiger partial charge is 0.493 e. The Balaban J connectivity index is 1.47. The quantitative estimate of drug-likeness (QED) is 0.587. The van der Waals surface area contributed by atoms with Gasteiger partial charge in [0.2, 0.25) is 5.91 Å². The molecule has 2 aromatic rings. The molecule has 2 atom stereocenters. The summed E-state index contributed by atoms with van der Waals surface area (Å²) in [5, 5.41) is 2.03. The number of nitrogens with zero attached hydrogens (tertiary/aromatic N) is 1. The van der Waals surface area contributed by atoms with Crippen LogP contribution in [0, 0.1) is 0 Å². The van der Waals surface area contributed by atoms with E-state index in [2.05, 4.69) is 10.3 Å². The second kappa shape index (κ2) is 9.96. The van der Waals surface area contributed by atoms with Crippen molar-refractivity contribution in [2.45, 2.75) is 50.9 Å². The summed E-state index contributed by atoms with van der Waals surface area (Å²) in [6.07, 6.45) is 2.86. The molecule has 0 radical (unpaired) electrons. The van der Waals surface area contributed by atoms with Gasteiger partial charge >= 0.3 is 5.97 Å². The summed E-state index contributed by atoms with van der Waals surface area (Å²) in [5.41, 5.74) is 2.70.